The van der Waals surface area contributed by atoms with Crippen LogP contribution in [0.1, 0.15) is 5.69 Å². The Labute approximate surface area is 89.1 Å². The van der Waals surface area contributed by atoms with Gasteiger partial charge in [-0.25, -0.2) is 0 Å². The maximum absolute atomic E-state index is 5.17. The van der Waals surface area contributed by atoms with Gasteiger partial charge in [0.2, 0.25) is 0 Å². The third-order valence-corrected chi connectivity index (χ3v) is 2.31. The second-order valence-corrected chi connectivity index (χ2v) is 3.39. The molecule has 1 aromatic heterocycles. The first-order valence-corrected chi connectivity index (χ1v) is 4.92. The van der Waals surface area contributed by atoms with Crippen molar-refractivity contribution < 1.29 is 4.74 Å². The van der Waals surface area contributed by atoms with Crippen molar-refractivity contribution in [2.75, 3.05) is 14.2 Å². The fraction of sp³-hybridized carbons (Fsp3) is 0.250. The summed E-state index contributed by atoms with van der Waals surface area (Å²) in [6.45, 7) is 0.785. The van der Waals surface area contributed by atoms with Crippen LogP contribution in [0, 0.1) is 0 Å². The highest BCUT2D eigenvalue weighted by molar-refractivity contribution is 5.80. The molecule has 0 unspecified atom stereocenters. The number of aromatic nitrogens is 1. The maximum Gasteiger partial charge on any atom is 0.121 e. The van der Waals surface area contributed by atoms with Crippen molar-refractivity contribution in [2.24, 2.45) is 0 Å². The van der Waals surface area contributed by atoms with E-state index >= 15 is 0 Å². The van der Waals surface area contributed by atoms with Gasteiger partial charge in [-0.3, -0.25) is 4.98 Å². The Morgan fingerprint density at radius 3 is 2.80 bits per heavy atom. The van der Waals surface area contributed by atoms with Gasteiger partial charge in [-0.2, -0.15) is 0 Å². The van der Waals surface area contributed by atoms with Crippen LogP contribution in [0.15, 0.2) is 30.3 Å². The zero-order valence-electron chi connectivity index (χ0n) is 8.95. The standard InChI is InChI=1S/C12H14N2O/c1-13-8-10-5-3-9-4-6-11(15-2)7-12(9)14-10/h3-7,13H,8H2,1-2H3. The van der Waals surface area contributed by atoms with Crippen molar-refractivity contribution in [2.45, 2.75) is 6.54 Å². The van der Waals surface area contributed by atoms with Gasteiger partial charge in [-0.15, -0.1) is 0 Å². The maximum atomic E-state index is 5.17. The molecule has 0 amide bonds. The molecule has 15 heavy (non-hydrogen) atoms. The van der Waals surface area contributed by atoms with E-state index in [1.54, 1.807) is 7.11 Å². The van der Waals surface area contributed by atoms with Crippen LogP contribution in [0.5, 0.6) is 5.75 Å². The molecule has 0 aliphatic rings. The number of fused-ring (bicyclic) bond motifs is 1. The number of methoxy groups -OCH3 is 1. The quantitative estimate of drug-likeness (QED) is 0.826. The van der Waals surface area contributed by atoms with Crippen LogP contribution >= 0.6 is 0 Å². The molecule has 2 aromatic rings. The number of benzene rings is 1. The topological polar surface area (TPSA) is 34.1 Å². The van der Waals surface area contributed by atoms with Gasteiger partial charge < -0.3 is 10.1 Å². The first-order valence-electron chi connectivity index (χ1n) is 4.92. The molecule has 0 aliphatic carbocycles. The van der Waals surface area contributed by atoms with E-state index < -0.39 is 0 Å². The highest BCUT2D eigenvalue weighted by Crippen LogP contribution is 2.19. The molecule has 0 atom stereocenters. The van der Waals surface area contributed by atoms with Gasteiger partial charge >= 0.3 is 0 Å². The Morgan fingerprint density at radius 1 is 1.27 bits per heavy atom. The van der Waals surface area contributed by atoms with Crippen LogP contribution in [0.3, 0.4) is 0 Å². The molecule has 0 radical (unpaired) electrons. The molecule has 0 aliphatic heterocycles. The molecule has 78 valence electrons. The Hall–Kier alpha value is -1.61. The molecule has 3 nitrogen and oxygen atoms in total. The van der Waals surface area contributed by atoms with Crippen LogP contribution in [0.4, 0.5) is 0 Å². The number of pyridine rings is 1. The second-order valence-electron chi connectivity index (χ2n) is 3.39. The number of nitrogens with zero attached hydrogens (tertiary/aromatic N) is 1. The molecule has 0 saturated heterocycles. The zero-order valence-corrected chi connectivity index (χ0v) is 8.95. The average molecular weight is 202 g/mol. The Bertz CT molecular complexity index is 468. The monoisotopic (exact) mass is 202 g/mol. The number of rotatable bonds is 3. The Morgan fingerprint density at radius 2 is 2.07 bits per heavy atom. The third-order valence-electron chi connectivity index (χ3n) is 2.31. The second kappa shape index (κ2) is 4.28. The summed E-state index contributed by atoms with van der Waals surface area (Å²) in [5.74, 6) is 0.844. The van der Waals surface area contributed by atoms with Gasteiger partial charge in [0.05, 0.1) is 18.3 Å². The number of ether oxygens (including phenoxy) is 1. The van der Waals surface area contributed by atoms with Crippen molar-refractivity contribution in [1.29, 1.82) is 0 Å². The van der Waals surface area contributed by atoms with Crippen LogP contribution in [0.2, 0.25) is 0 Å². The lowest BCUT2D eigenvalue weighted by atomic mass is 10.2. The van der Waals surface area contributed by atoms with Gasteiger partial charge in [0.15, 0.2) is 0 Å². The molecule has 1 heterocycles. The van der Waals surface area contributed by atoms with Crippen LogP contribution in [-0.2, 0) is 6.54 Å². The van der Waals surface area contributed by atoms with E-state index in [0.29, 0.717) is 0 Å². The van der Waals surface area contributed by atoms with Crippen molar-refractivity contribution >= 4 is 10.9 Å². The van der Waals surface area contributed by atoms with Gasteiger partial charge in [-0.05, 0) is 25.2 Å². The van der Waals surface area contributed by atoms with Gasteiger partial charge in [0, 0.05) is 18.0 Å². The number of hydrogen-bond acceptors (Lipinski definition) is 3. The van der Waals surface area contributed by atoms with Gasteiger partial charge in [0.25, 0.3) is 0 Å². The average Bonchev–Trinajstić information content (AvgIpc) is 2.28. The minimum atomic E-state index is 0.785. The fourth-order valence-corrected chi connectivity index (χ4v) is 1.55. The smallest absolute Gasteiger partial charge is 0.121 e. The summed E-state index contributed by atoms with van der Waals surface area (Å²) in [6.07, 6.45) is 0. The van der Waals surface area contributed by atoms with E-state index in [9.17, 15) is 0 Å². The van der Waals surface area contributed by atoms with E-state index in [1.165, 1.54) is 0 Å². The lowest BCUT2D eigenvalue weighted by Crippen LogP contribution is -2.06. The molecule has 0 spiro atoms. The van der Waals surface area contributed by atoms with Crippen molar-refractivity contribution in [3.63, 3.8) is 0 Å². The minimum Gasteiger partial charge on any atom is -0.497 e. The minimum absolute atomic E-state index is 0.785. The predicted molar refractivity (Wildman–Crippen MR) is 61.1 cm³/mol. The van der Waals surface area contributed by atoms with Crippen LogP contribution in [-0.4, -0.2) is 19.1 Å². The number of hydrogen-bond donors (Lipinski definition) is 1. The summed E-state index contributed by atoms with van der Waals surface area (Å²) in [7, 11) is 3.58. The molecule has 1 aromatic carbocycles. The van der Waals surface area contributed by atoms with Crippen molar-refractivity contribution in [1.82, 2.24) is 10.3 Å². The van der Waals surface area contributed by atoms with Crippen molar-refractivity contribution in [3.05, 3.63) is 36.0 Å². The highest BCUT2D eigenvalue weighted by Gasteiger charge is 1.99. The SMILES string of the molecule is CNCc1ccc2ccc(OC)cc2n1. The largest absolute Gasteiger partial charge is 0.497 e. The van der Waals surface area contributed by atoms with Crippen molar-refractivity contribution in [3.8, 4) is 5.75 Å². The first kappa shape index (κ1) is 9.93. The third kappa shape index (κ3) is 2.07. The lowest BCUT2D eigenvalue weighted by Gasteiger charge is -2.04. The Kier molecular flexibility index (Phi) is 2.83. The fourth-order valence-electron chi connectivity index (χ4n) is 1.55. The summed E-state index contributed by atoms with van der Waals surface area (Å²) in [5.41, 5.74) is 2.01. The van der Waals surface area contributed by atoms with Crippen LogP contribution < -0.4 is 10.1 Å². The zero-order chi connectivity index (χ0) is 10.7. The van der Waals surface area contributed by atoms with E-state index in [0.717, 1.165) is 28.9 Å². The predicted octanol–water partition coefficient (Wildman–Crippen LogP) is 1.96. The van der Waals surface area contributed by atoms with E-state index in [-0.39, 0.29) is 0 Å². The van der Waals surface area contributed by atoms with Crippen LogP contribution in [0.25, 0.3) is 10.9 Å². The molecule has 0 fully saturated rings. The summed E-state index contributed by atoms with van der Waals surface area (Å²) in [5, 5.41) is 4.22. The Balaban J connectivity index is 2.48. The van der Waals surface area contributed by atoms with E-state index in [4.69, 9.17) is 4.74 Å². The summed E-state index contributed by atoms with van der Waals surface area (Å²) in [4.78, 5) is 4.53. The van der Waals surface area contributed by atoms with Gasteiger partial charge in [-0.1, -0.05) is 6.07 Å². The molecule has 2 rings (SSSR count). The summed E-state index contributed by atoms with van der Waals surface area (Å²) in [6, 6.07) is 10.0. The first-order chi connectivity index (χ1) is 7.33. The molecular formula is C12H14N2O. The molecule has 1 N–H and O–H groups in total. The lowest BCUT2D eigenvalue weighted by molar-refractivity contribution is 0.415. The normalized spacial score (nSPS) is 10.5. The molecule has 3 heteroatoms. The van der Waals surface area contributed by atoms with Gasteiger partial charge in [0.1, 0.15) is 5.75 Å². The molecule has 0 saturated carbocycles. The molecular weight excluding hydrogens is 188 g/mol. The van der Waals surface area contributed by atoms with E-state index in [1.807, 2.05) is 31.3 Å². The van der Waals surface area contributed by atoms with E-state index in [2.05, 4.69) is 16.4 Å². The highest BCUT2D eigenvalue weighted by atomic mass is 16.5. The summed E-state index contributed by atoms with van der Waals surface area (Å²) < 4.78 is 5.17. The molecule has 0 bridgehead atoms. The number of nitrogens with one attached hydrogen (secondary N) is 1. The summed E-state index contributed by atoms with van der Waals surface area (Å²) >= 11 is 0.